The lowest BCUT2D eigenvalue weighted by Gasteiger charge is -2.04. The summed E-state index contributed by atoms with van der Waals surface area (Å²) in [4.78, 5) is 21.8. The minimum absolute atomic E-state index is 0.0925. The van der Waals surface area contributed by atoms with E-state index >= 15 is 0 Å². The van der Waals surface area contributed by atoms with Crippen LogP contribution in [0.15, 0.2) is 24.3 Å². The summed E-state index contributed by atoms with van der Waals surface area (Å²) in [7, 11) is 0. The van der Waals surface area contributed by atoms with E-state index in [1.807, 2.05) is 0 Å². The zero-order valence-electron chi connectivity index (χ0n) is 8.77. The molecule has 0 bridgehead atoms. The molecule has 0 aromatic heterocycles. The van der Waals surface area contributed by atoms with Crippen molar-refractivity contribution in [1.29, 1.82) is 0 Å². The van der Waals surface area contributed by atoms with Gasteiger partial charge in [-0.3, -0.25) is 9.59 Å². The van der Waals surface area contributed by atoms with E-state index in [4.69, 9.17) is 10.8 Å². The maximum atomic E-state index is 11.4. The van der Waals surface area contributed by atoms with Gasteiger partial charge in [0.05, 0.1) is 0 Å². The van der Waals surface area contributed by atoms with Crippen molar-refractivity contribution in [1.82, 2.24) is 0 Å². The van der Waals surface area contributed by atoms with Crippen LogP contribution in [0.2, 0.25) is 0 Å². The molecule has 0 heterocycles. The average Bonchev–Trinajstić information content (AvgIpc) is 2.16. The van der Waals surface area contributed by atoms with E-state index in [1.165, 1.54) is 12.1 Å². The number of rotatable bonds is 5. The van der Waals surface area contributed by atoms with Crippen molar-refractivity contribution in [3.8, 4) is 5.75 Å². The smallest absolute Gasteiger partial charge is 0.224 e. The van der Waals surface area contributed by atoms with Crippen molar-refractivity contribution in [3.63, 3.8) is 0 Å². The summed E-state index contributed by atoms with van der Waals surface area (Å²) in [6, 6.07) is 6.27. The number of hydrogen-bond donors (Lipinski definition) is 3. The van der Waals surface area contributed by atoms with E-state index in [2.05, 4.69) is 5.32 Å². The number of aromatic hydroxyl groups is 1. The summed E-state index contributed by atoms with van der Waals surface area (Å²) in [6.07, 6.45) is 0.867. The second kappa shape index (κ2) is 5.75. The number of nitrogens with one attached hydrogen (secondary N) is 1. The van der Waals surface area contributed by atoms with E-state index in [0.717, 1.165) is 0 Å². The fourth-order valence-electron chi connectivity index (χ4n) is 1.23. The van der Waals surface area contributed by atoms with Crippen LogP contribution in [0.1, 0.15) is 19.3 Å². The second-order valence-electron chi connectivity index (χ2n) is 3.42. The van der Waals surface area contributed by atoms with Crippen molar-refractivity contribution < 1.29 is 14.7 Å². The number of carbonyl (C=O) groups excluding carboxylic acids is 2. The monoisotopic (exact) mass is 222 g/mol. The molecule has 0 saturated carbocycles. The lowest BCUT2D eigenvalue weighted by molar-refractivity contribution is -0.118. The quantitative estimate of drug-likeness (QED) is 0.693. The molecule has 0 aliphatic carbocycles. The second-order valence-corrected chi connectivity index (χ2v) is 3.42. The molecule has 0 aliphatic heterocycles. The molecule has 4 N–H and O–H groups in total. The fraction of sp³-hybridized carbons (Fsp3) is 0.273. The normalized spacial score (nSPS) is 9.75. The molecule has 0 radical (unpaired) electrons. The zero-order chi connectivity index (χ0) is 12.0. The van der Waals surface area contributed by atoms with Crippen molar-refractivity contribution >= 4 is 17.5 Å². The predicted octanol–water partition coefficient (Wildman–Crippen LogP) is 0.986. The summed E-state index contributed by atoms with van der Waals surface area (Å²) < 4.78 is 0. The maximum absolute atomic E-state index is 11.4. The molecule has 2 amide bonds. The first kappa shape index (κ1) is 12.0. The Hall–Kier alpha value is -2.04. The molecule has 1 aromatic rings. The Morgan fingerprint density at radius 1 is 1.31 bits per heavy atom. The van der Waals surface area contributed by atoms with Gasteiger partial charge in [0.15, 0.2) is 0 Å². The SMILES string of the molecule is NC(=O)CCCC(=O)Nc1cccc(O)c1. The van der Waals surface area contributed by atoms with Gasteiger partial charge in [-0.1, -0.05) is 6.07 Å². The number of primary amides is 1. The van der Waals surface area contributed by atoms with Crippen molar-refractivity contribution in [2.24, 2.45) is 5.73 Å². The molecule has 0 atom stereocenters. The molecule has 0 spiro atoms. The van der Waals surface area contributed by atoms with Crippen LogP contribution in [0.3, 0.4) is 0 Å². The van der Waals surface area contributed by atoms with Gasteiger partial charge < -0.3 is 16.2 Å². The van der Waals surface area contributed by atoms with Crippen LogP contribution in [0.25, 0.3) is 0 Å². The highest BCUT2D eigenvalue weighted by molar-refractivity contribution is 5.91. The molecular formula is C11H14N2O3. The van der Waals surface area contributed by atoms with Crippen LogP contribution in [0, 0.1) is 0 Å². The van der Waals surface area contributed by atoms with Crippen LogP contribution >= 0.6 is 0 Å². The summed E-state index contributed by atoms with van der Waals surface area (Å²) in [5.74, 6) is -0.521. The van der Waals surface area contributed by atoms with Crippen molar-refractivity contribution in [2.45, 2.75) is 19.3 Å². The van der Waals surface area contributed by atoms with Gasteiger partial charge >= 0.3 is 0 Å². The Morgan fingerprint density at radius 3 is 2.69 bits per heavy atom. The van der Waals surface area contributed by atoms with Crippen LogP contribution < -0.4 is 11.1 Å². The molecule has 16 heavy (non-hydrogen) atoms. The standard InChI is InChI=1S/C11H14N2O3/c12-10(15)5-2-6-11(16)13-8-3-1-4-9(14)7-8/h1,3-4,7,14H,2,5-6H2,(H2,12,15)(H,13,16). The number of nitrogens with two attached hydrogens (primary N) is 1. The van der Waals surface area contributed by atoms with Crippen LogP contribution in [0.4, 0.5) is 5.69 Å². The van der Waals surface area contributed by atoms with Gasteiger partial charge in [-0.05, 0) is 18.6 Å². The van der Waals surface area contributed by atoms with E-state index in [0.29, 0.717) is 12.1 Å². The number of benzene rings is 1. The first-order valence-electron chi connectivity index (χ1n) is 4.95. The first-order chi connectivity index (χ1) is 7.58. The topological polar surface area (TPSA) is 92.4 Å². The number of carbonyl (C=O) groups is 2. The molecule has 1 rings (SSSR count). The molecule has 0 saturated heterocycles. The number of phenolic OH excluding ortho intramolecular Hbond substituents is 1. The molecule has 0 unspecified atom stereocenters. The predicted molar refractivity (Wildman–Crippen MR) is 59.8 cm³/mol. The van der Waals surface area contributed by atoms with Crippen molar-refractivity contribution in [3.05, 3.63) is 24.3 Å². The lowest BCUT2D eigenvalue weighted by Crippen LogP contribution is -2.14. The van der Waals surface area contributed by atoms with Gasteiger partial charge in [0.25, 0.3) is 0 Å². The van der Waals surface area contributed by atoms with Crippen LogP contribution in [-0.4, -0.2) is 16.9 Å². The maximum Gasteiger partial charge on any atom is 0.224 e. The van der Waals surface area contributed by atoms with E-state index < -0.39 is 5.91 Å². The number of amides is 2. The number of anilines is 1. The zero-order valence-corrected chi connectivity index (χ0v) is 8.77. The third-order valence-electron chi connectivity index (χ3n) is 1.96. The van der Waals surface area contributed by atoms with Gasteiger partial charge in [0, 0.05) is 24.6 Å². The average molecular weight is 222 g/mol. The van der Waals surface area contributed by atoms with E-state index in [9.17, 15) is 9.59 Å². The minimum atomic E-state index is -0.412. The summed E-state index contributed by atoms with van der Waals surface area (Å²) >= 11 is 0. The van der Waals surface area contributed by atoms with Gasteiger partial charge in [0.1, 0.15) is 5.75 Å². The molecule has 0 aliphatic rings. The summed E-state index contributed by atoms with van der Waals surface area (Å²) in [5, 5.41) is 11.8. The third kappa shape index (κ3) is 4.45. The number of hydrogen-bond acceptors (Lipinski definition) is 3. The molecule has 0 fully saturated rings. The largest absolute Gasteiger partial charge is 0.508 e. The highest BCUT2D eigenvalue weighted by Crippen LogP contribution is 2.15. The van der Waals surface area contributed by atoms with Gasteiger partial charge in [-0.25, -0.2) is 0 Å². The Balaban J connectivity index is 2.37. The highest BCUT2D eigenvalue weighted by atomic mass is 16.3. The fourth-order valence-corrected chi connectivity index (χ4v) is 1.23. The van der Waals surface area contributed by atoms with E-state index in [1.54, 1.807) is 12.1 Å². The molecule has 5 heteroatoms. The Labute approximate surface area is 93.3 Å². The molecular weight excluding hydrogens is 208 g/mol. The minimum Gasteiger partial charge on any atom is -0.508 e. The van der Waals surface area contributed by atoms with Crippen LogP contribution in [0.5, 0.6) is 5.75 Å². The Bertz CT molecular complexity index is 391. The van der Waals surface area contributed by atoms with Gasteiger partial charge in [0.2, 0.25) is 11.8 Å². The van der Waals surface area contributed by atoms with Crippen LogP contribution in [-0.2, 0) is 9.59 Å². The number of phenols is 1. The molecule has 86 valence electrons. The first-order valence-corrected chi connectivity index (χ1v) is 4.95. The highest BCUT2D eigenvalue weighted by Gasteiger charge is 2.03. The summed E-state index contributed by atoms with van der Waals surface area (Å²) in [6.45, 7) is 0. The van der Waals surface area contributed by atoms with Crippen molar-refractivity contribution in [2.75, 3.05) is 5.32 Å². The summed E-state index contributed by atoms with van der Waals surface area (Å²) in [5.41, 5.74) is 5.48. The van der Waals surface area contributed by atoms with Gasteiger partial charge in [-0.15, -0.1) is 0 Å². The third-order valence-corrected chi connectivity index (χ3v) is 1.96. The lowest BCUT2D eigenvalue weighted by atomic mass is 10.2. The van der Waals surface area contributed by atoms with Gasteiger partial charge in [-0.2, -0.15) is 0 Å². The Morgan fingerprint density at radius 2 is 2.06 bits per heavy atom. The molecule has 5 nitrogen and oxygen atoms in total. The molecule has 1 aromatic carbocycles. The van der Waals surface area contributed by atoms with E-state index in [-0.39, 0.29) is 24.5 Å². The Kier molecular flexibility index (Phi) is 4.32.